The average Bonchev–Trinajstić information content (AvgIpc) is 2.14. The fourth-order valence-corrected chi connectivity index (χ4v) is 0.593. The molecule has 0 unspecified atom stereocenters. The molecule has 1 aromatic heterocycles. The number of rotatable bonds is 1. The minimum atomic E-state index is -0.559. The van der Waals surface area contributed by atoms with E-state index in [0.29, 0.717) is 5.69 Å². The van der Waals surface area contributed by atoms with Gasteiger partial charge in [-0.15, -0.1) is 0 Å². The number of hydrogen-bond donors (Lipinski definition) is 0. The minimum absolute atomic E-state index is 0.296. The van der Waals surface area contributed by atoms with Crippen LogP contribution < -0.4 is 0 Å². The van der Waals surface area contributed by atoms with Crippen LogP contribution in [0.2, 0.25) is 0 Å². The molecule has 0 amide bonds. The first-order valence-corrected chi connectivity index (χ1v) is 2.41. The van der Waals surface area contributed by atoms with Gasteiger partial charge in [0.05, 0.1) is 11.7 Å². The number of alkyl halides is 1. The maximum atomic E-state index is 11.4. The second-order valence-corrected chi connectivity index (χ2v) is 1.48. The van der Waals surface area contributed by atoms with Crippen molar-refractivity contribution in [2.24, 2.45) is 0 Å². The van der Waals surface area contributed by atoms with Gasteiger partial charge in [0.2, 0.25) is 0 Å². The predicted octanol–water partition coefficient (Wildman–Crippen LogP) is 0.808. The van der Waals surface area contributed by atoms with Crippen LogP contribution in [-0.4, -0.2) is 8.75 Å². The molecule has 2 nitrogen and oxygen atoms in total. The van der Waals surface area contributed by atoms with E-state index in [2.05, 4.69) is 14.9 Å². The van der Waals surface area contributed by atoms with Gasteiger partial charge < -0.3 is 0 Å². The van der Waals surface area contributed by atoms with Crippen LogP contribution >= 0.6 is 11.7 Å². The van der Waals surface area contributed by atoms with Crippen LogP contribution in [0, 0.1) is 6.20 Å². The summed E-state index contributed by atoms with van der Waals surface area (Å²) >= 11 is 0.969. The molecule has 0 fully saturated rings. The Labute approximate surface area is 44.3 Å². The van der Waals surface area contributed by atoms with Crippen LogP contribution in [0.3, 0.4) is 0 Å². The van der Waals surface area contributed by atoms with Gasteiger partial charge in [-0.2, -0.15) is 8.75 Å². The van der Waals surface area contributed by atoms with Gasteiger partial charge in [-0.3, -0.25) is 0 Å². The molecule has 0 saturated heterocycles. The van der Waals surface area contributed by atoms with E-state index in [0.717, 1.165) is 11.7 Å². The van der Waals surface area contributed by atoms with Crippen molar-refractivity contribution in [1.82, 2.24) is 8.75 Å². The lowest BCUT2D eigenvalue weighted by molar-refractivity contribution is 0.478. The highest BCUT2D eigenvalue weighted by Crippen LogP contribution is 1.93. The fourth-order valence-electron chi connectivity index (χ4n) is 0.217. The number of aromatic nitrogens is 2. The lowest BCUT2D eigenvalue weighted by Gasteiger charge is -1.70. The van der Waals surface area contributed by atoms with E-state index < -0.39 is 6.67 Å². The standard InChI is InChI=1S/C3H2FN2S/c4-1-3-2-5-7-6-3/h1H2. The second kappa shape index (κ2) is 1.97. The molecule has 0 aliphatic heterocycles. The van der Waals surface area contributed by atoms with Gasteiger partial charge in [0.15, 0.2) is 0 Å². The normalized spacial score (nSPS) is 9.29. The summed E-state index contributed by atoms with van der Waals surface area (Å²) in [5.41, 5.74) is 0.296. The third-order valence-electron chi connectivity index (χ3n) is 0.493. The Morgan fingerprint density at radius 3 is 3.00 bits per heavy atom. The maximum absolute atomic E-state index is 11.4. The van der Waals surface area contributed by atoms with Gasteiger partial charge in [-0.1, -0.05) is 0 Å². The van der Waals surface area contributed by atoms with Gasteiger partial charge in [-0.05, 0) is 0 Å². The summed E-state index contributed by atoms with van der Waals surface area (Å²) in [6.45, 7) is -0.559. The van der Waals surface area contributed by atoms with Gasteiger partial charge in [0, 0.05) is 0 Å². The molecule has 0 atom stereocenters. The molecule has 1 radical (unpaired) electrons. The average molecular weight is 117 g/mol. The molecular formula is C3H2FN2S. The molecular weight excluding hydrogens is 115 g/mol. The molecule has 1 heterocycles. The van der Waals surface area contributed by atoms with Crippen molar-refractivity contribution >= 4 is 11.7 Å². The van der Waals surface area contributed by atoms with E-state index >= 15 is 0 Å². The van der Waals surface area contributed by atoms with E-state index in [9.17, 15) is 4.39 Å². The van der Waals surface area contributed by atoms with Gasteiger partial charge in [-0.25, -0.2) is 4.39 Å². The van der Waals surface area contributed by atoms with E-state index in [1.54, 1.807) is 0 Å². The van der Waals surface area contributed by atoms with Crippen molar-refractivity contribution in [3.63, 3.8) is 0 Å². The van der Waals surface area contributed by atoms with E-state index in [1.165, 1.54) is 0 Å². The Morgan fingerprint density at radius 1 is 1.86 bits per heavy atom. The largest absolute Gasteiger partial charge is 0.244 e. The first kappa shape index (κ1) is 4.64. The summed E-state index contributed by atoms with van der Waals surface area (Å²) in [5.74, 6) is 0. The Balaban J connectivity index is 2.76. The lowest BCUT2D eigenvalue weighted by Crippen LogP contribution is -1.71. The maximum Gasteiger partial charge on any atom is 0.135 e. The molecule has 0 aliphatic rings. The fraction of sp³-hybridized carbons (Fsp3) is 0.333. The molecule has 0 aromatic carbocycles. The third kappa shape index (κ3) is 0.928. The van der Waals surface area contributed by atoms with Crippen LogP contribution in [0.1, 0.15) is 5.69 Å². The molecule has 7 heavy (non-hydrogen) atoms. The van der Waals surface area contributed by atoms with E-state index in [4.69, 9.17) is 0 Å². The number of hydrogen-bond acceptors (Lipinski definition) is 3. The lowest BCUT2D eigenvalue weighted by atomic mass is 10.5. The van der Waals surface area contributed by atoms with Crippen LogP contribution in [0.15, 0.2) is 0 Å². The Hall–Kier alpha value is -0.510. The summed E-state index contributed by atoms with van der Waals surface area (Å²) in [5, 5.41) is 0. The smallest absolute Gasteiger partial charge is 0.135 e. The zero-order valence-electron chi connectivity index (χ0n) is 3.39. The van der Waals surface area contributed by atoms with Gasteiger partial charge >= 0.3 is 0 Å². The quantitative estimate of drug-likeness (QED) is 0.544. The highest BCUT2D eigenvalue weighted by Gasteiger charge is 1.90. The third-order valence-corrected chi connectivity index (χ3v) is 0.968. The molecule has 4 heteroatoms. The predicted molar refractivity (Wildman–Crippen MR) is 23.6 cm³/mol. The van der Waals surface area contributed by atoms with E-state index in [1.807, 2.05) is 0 Å². The minimum Gasteiger partial charge on any atom is -0.244 e. The summed E-state index contributed by atoms with van der Waals surface area (Å²) < 4.78 is 18.4. The first-order valence-electron chi connectivity index (χ1n) is 1.68. The molecule has 37 valence electrons. The molecule has 1 aromatic rings. The first-order chi connectivity index (χ1) is 3.43. The molecule has 1 rings (SSSR count). The van der Waals surface area contributed by atoms with Crippen molar-refractivity contribution < 1.29 is 4.39 Å². The highest BCUT2D eigenvalue weighted by atomic mass is 32.1. The summed E-state index contributed by atoms with van der Waals surface area (Å²) in [6.07, 6.45) is 2.37. The molecule has 0 spiro atoms. The zero-order valence-corrected chi connectivity index (χ0v) is 4.20. The van der Waals surface area contributed by atoms with Crippen LogP contribution in [-0.2, 0) is 6.67 Å². The van der Waals surface area contributed by atoms with Crippen molar-refractivity contribution in [1.29, 1.82) is 0 Å². The SMILES string of the molecule is FCc1[c]nsn1. The molecule has 0 bridgehead atoms. The van der Waals surface area contributed by atoms with E-state index in [-0.39, 0.29) is 0 Å². The van der Waals surface area contributed by atoms with Gasteiger partial charge in [0.1, 0.15) is 18.6 Å². The van der Waals surface area contributed by atoms with Crippen LogP contribution in [0.25, 0.3) is 0 Å². The van der Waals surface area contributed by atoms with Crippen LogP contribution in [0.5, 0.6) is 0 Å². The number of nitrogens with zero attached hydrogens (tertiary/aromatic N) is 2. The second-order valence-electron chi connectivity index (χ2n) is 0.956. The van der Waals surface area contributed by atoms with Crippen molar-refractivity contribution in [3.8, 4) is 0 Å². The molecule has 0 N–H and O–H groups in total. The van der Waals surface area contributed by atoms with Crippen molar-refractivity contribution in [3.05, 3.63) is 11.9 Å². The Kier molecular flexibility index (Phi) is 1.31. The molecule has 0 saturated carbocycles. The summed E-state index contributed by atoms with van der Waals surface area (Å²) in [6, 6.07) is 0. The topological polar surface area (TPSA) is 25.8 Å². The Morgan fingerprint density at radius 2 is 2.71 bits per heavy atom. The van der Waals surface area contributed by atoms with Crippen molar-refractivity contribution in [2.45, 2.75) is 6.67 Å². The van der Waals surface area contributed by atoms with Gasteiger partial charge in [0.25, 0.3) is 0 Å². The zero-order chi connectivity index (χ0) is 5.11. The summed E-state index contributed by atoms with van der Waals surface area (Å²) in [7, 11) is 0. The summed E-state index contributed by atoms with van der Waals surface area (Å²) in [4.78, 5) is 0. The van der Waals surface area contributed by atoms with Crippen molar-refractivity contribution in [2.75, 3.05) is 0 Å². The monoisotopic (exact) mass is 117 g/mol. The highest BCUT2D eigenvalue weighted by molar-refractivity contribution is 6.99. The number of halogens is 1. The van der Waals surface area contributed by atoms with Crippen LogP contribution in [0.4, 0.5) is 4.39 Å². The Bertz CT molecular complexity index is 127. The molecule has 0 aliphatic carbocycles.